The molecule has 1 aromatic carbocycles. The van der Waals surface area contributed by atoms with E-state index >= 15 is 0 Å². The first-order valence-corrected chi connectivity index (χ1v) is 7.78. The van der Waals surface area contributed by atoms with Gasteiger partial charge in [-0.3, -0.25) is 4.79 Å². The Morgan fingerprint density at radius 2 is 2.19 bits per heavy atom. The lowest BCUT2D eigenvalue weighted by atomic mass is 9.97. The van der Waals surface area contributed by atoms with Gasteiger partial charge in [-0.15, -0.1) is 0 Å². The van der Waals surface area contributed by atoms with Gasteiger partial charge < -0.3 is 10.3 Å². The number of allylic oxidation sites excluding steroid dienone is 1. The molecule has 0 aliphatic heterocycles. The number of hydrogen-bond acceptors (Lipinski definition) is 1. The molecule has 21 heavy (non-hydrogen) atoms. The highest BCUT2D eigenvalue weighted by molar-refractivity contribution is 5.98. The number of aromatic nitrogens is 1. The molecule has 0 bridgehead atoms. The van der Waals surface area contributed by atoms with E-state index in [2.05, 4.69) is 22.4 Å². The Balaban J connectivity index is 1.59. The Morgan fingerprint density at radius 3 is 3.00 bits per heavy atom. The molecule has 0 saturated heterocycles. The van der Waals surface area contributed by atoms with Crippen LogP contribution in [0.1, 0.15) is 48.2 Å². The molecule has 0 saturated carbocycles. The highest BCUT2D eigenvalue weighted by Gasteiger charge is 2.08. The van der Waals surface area contributed by atoms with Crippen molar-refractivity contribution >= 4 is 16.8 Å². The predicted molar refractivity (Wildman–Crippen MR) is 86.5 cm³/mol. The maximum atomic E-state index is 12.2. The SMILES string of the molecule is Cc1cc2cc(C(=O)NCCC3=CCCCC3)ccc2[nH]1. The predicted octanol–water partition coefficient (Wildman–Crippen LogP) is 4.10. The van der Waals surface area contributed by atoms with E-state index in [0.717, 1.165) is 35.1 Å². The van der Waals surface area contributed by atoms with Crippen LogP contribution in [0, 0.1) is 6.92 Å². The standard InChI is InChI=1S/C18H22N2O/c1-13-11-16-12-15(7-8-17(16)20-13)18(21)19-10-9-14-5-3-2-4-6-14/h5,7-8,11-12,20H,2-4,6,9-10H2,1H3,(H,19,21). The van der Waals surface area contributed by atoms with Crippen molar-refractivity contribution < 1.29 is 4.79 Å². The Morgan fingerprint density at radius 1 is 1.29 bits per heavy atom. The molecule has 3 rings (SSSR count). The van der Waals surface area contributed by atoms with E-state index in [0.29, 0.717) is 0 Å². The second kappa shape index (κ2) is 6.17. The van der Waals surface area contributed by atoms with Gasteiger partial charge in [0, 0.05) is 28.7 Å². The second-order valence-electron chi connectivity index (χ2n) is 5.87. The molecule has 0 spiro atoms. The summed E-state index contributed by atoms with van der Waals surface area (Å²) in [7, 11) is 0. The van der Waals surface area contributed by atoms with Gasteiger partial charge in [-0.2, -0.15) is 0 Å². The fourth-order valence-electron chi connectivity index (χ4n) is 2.99. The molecular formula is C18H22N2O. The number of fused-ring (bicyclic) bond motifs is 1. The quantitative estimate of drug-likeness (QED) is 0.815. The number of hydrogen-bond donors (Lipinski definition) is 2. The van der Waals surface area contributed by atoms with Gasteiger partial charge in [-0.1, -0.05) is 11.6 Å². The minimum Gasteiger partial charge on any atom is -0.359 e. The molecule has 3 heteroatoms. The Hall–Kier alpha value is -2.03. The zero-order valence-electron chi connectivity index (χ0n) is 12.5. The van der Waals surface area contributed by atoms with E-state index in [4.69, 9.17) is 0 Å². The minimum atomic E-state index is 0.0205. The topological polar surface area (TPSA) is 44.9 Å². The van der Waals surface area contributed by atoms with Crippen molar-refractivity contribution in [2.24, 2.45) is 0 Å². The smallest absolute Gasteiger partial charge is 0.251 e. The van der Waals surface area contributed by atoms with Gasteiger partial charge in [-0.05, 0) is 63.3 Å². The van der Waals surface area contributed by atoms with Crippen molar-refractivity contribution in [2.75, 3.05) is 6.54 Å². The molecule has 1 aliphatic rings. The third-order valence-corrected chi connectivity index (χ3v) is 4.13. The molecular weight excluding hydrogens is 260 g/mol. The Bertz CT molecular complexity index is 682. The largest absolute Gasteiger partial charge is 0.359 e. The molecule has 0 atom stereocenters. The van der Waals surface area contributed by atoms with Gasteiger partial charge in [-0.25, -0.2) is 0 Å². The Kier molecular flexibility index (Phi) is 4.09. The van der Waals surface area contributed by atoms with E-state index in [1.807, 2.05) is 25.1 Å². The van der Waals surface area contributed by atoms with E-state index in [1.54, 1.807) is 0 Å². The van der Waals surface area contributed by atoms with E-state index < -0.39 is 0 Å². The number of nitrogens with one attached hydrogen (secondary N) is 2. The number of benzene rings is 1. The molecule has 0 unspecified atom stereocenters. The van der Waals surface area contributed by atoms with Crippen LogP contribution in [0.5, 0.6) is 0 Å². The summed E-state index contributed by atoms with van der Waals surface area (Å²) in [5.74, 6) is 0.0205. The first-order valence-electron chi connectivity index (χ1n) is 7.78. The Labute approximate surface area is 125 Å². The average Bonchev–Trinajstić information content (AvgIpc) is 2.87. The van der Waals surface area contributed by atoms with Crippen molar-refractivity contribution in [2.45, 2.75) is 39.0 Å². The maximum absolute atomic E-state index is 12.2. The summed E-state index contributed by atoms with van der Waals surface area (Å²) in [6.07, 6.45) is 8.33. The van der Waals surface area contributed by atoms with Crippen LogP contribution in [0.25, 0.3) is 10.9 Å². The molecule has 3 nitrogen and oxygen atoms in total. The van der Waals surface area contributed by atoms with Crippen LogP contribution in [0.2, 0.25) is 0 Å². The fraction of sp³-hybridized carbons (Fsp3) is 0.389. The van der Waals surface area contributed by atoms with Crippen molar-refractivity contribution in [1.29, 1.82) is 0 Å². The summed E-state index contributed by atoms with van der Waals surface area (Å²) >= 11 is 0. The van der Waals surface area contributed by atoms with Crippen molar-refractivity contribution in [3.8, 4) is 0 Å². The molecule has 2 N–H and O–H groups in total. The van der Waals surface area contributed by atoms with Crippen LogP contribution >= 0.6 is 0 Å². The number of rotatable bonds is 4. The number of carbonyl (C=O) groups excluding carboxylic acids is 1. The van der Waals surface area contributed by atoms with Crippen LogP contribution in [0.15, 0.2) is 35.9 Å². The van der Waals surface area contributed by atoms with Gasteiger partial charge in [0.1, 0.15) is 0 Å². The van der Waals surface area contributed by atoms with Gasteiger partial charge >= 0.3 is 0 Å². The third-order valence-electron chi connectivity index (χ3n) is 4.13. The highest BCUT2D eigenvalue weighted by Crippen LogP contribution is 2.20. The summed E-state index contributed by atoms with van der Waals surface area (Å²) in [5.41, 5.74) is 4.43. The summed E-state index contributed by atoms with van der Waals surface area (Å²) in [5, 5.41) is 4.12. The van der Waals surface area contributed by atoms with Crippen LogP contribution in [0.3, 0.4) is 0 Å². The molecule has 0 fully saturated rings. The zero-order chi connectivity index (χ0) is 14.7. The molecule has 1 aliphatic carbocycles. The van der Waals surface area contributed by atoms with Gasteiger partial charge in [0.15, 0.2) is 0 Å². The van der Waals surface area contributed by atoms with Crippen molar-refractivity contribution in [3.63, 3.8) is 0 Å². The average molecular weight is 282 g/mol. The maximum Gasteiger partial charge on any atom is 0.251 e. The number of aromatic amines is 1. The number of aryl methyl sites for hydroxylation is 1. The minimum absolute atomic E-state index is 0.0205. The highest BCUT2D eigenvalue weighted by atomic mass is 16.1. The van der Waals surface area contributed by atoms with E-state index in [9.17, 15) is 4.79 Å². The fourth-order valence-corrected chi connectivity index (χ4v) is 2.99. The summed E-state index contributed by atoms with van der Waals surface area (Å²) in [4.78, 5) is 15.5. The van der Waals surface area contributed by atoms with Crippen LogP contribution < -0.4 is 5.32 Å². The molecule has 1 aromatic heterocycles. The van der Waals surface area contributed by atoms with Gasteiger partial charge in [0.2, 0.25) is 0 Å². The van der Waals surface area contributed by atoms with Crippen LogP contribution in [-0.2, 0) is 0 Å². The third kappa shape index (κ3) is 3.35. The van der Waals surface area contributed by atoms with Crippen molar-refractivity contribution in [1.82, 2.24) is 10.3 Å². The lowest BCUT2D eigenvalue weighted by molar-refractivity contribution is 0.0954. The van der Waals surface area contributed by atoms with E-state index in [-0.39, 0.29) is 5.91 Å². The molecule has 110 valence electrons. The lowest BCUT2D eigenvalue weighted by Crippen LogP contribution is -2.24. The zero-order valence-corrected chi connectivity index (χ0v) is 12.5. The molecule has 2 aromatic rings. The van der Waals surface area contributed by atoms with E-state index in [1.165, 1.54) is 31.3 Å². The summed E-state index contributed by atoms with van der Waals surface area (Å²) in [6.45, 7) is 2.76. The van der Waals surface area contributed by atoms with Crippen LogP contribution in [0.4, 0.5) is 0 Å². The summed E-state index contributed by atoms with van der Waals surface area (Å²) < 4.78 is 0. The molecule has 1 amide bonds. The molecule has 0 radical (unpaired) electrons. The van der Waals surface area contributed by atoms with Crippen LogP contribution in [-0.4, -0.2) is 17.4 Å². The summed E-state index contributed by atoms with van der Waals surface area (Å²) in [6, 6.07) is 7.88. The van der Waals surface area contributed by atoms with Gasteiger partial charge in [0.25, 0.3) is 5.91 Å². The number of amides is 1. The second-order valence-corrected chi connectivity index (χ2v) is 5.87. The first kappa shape index (κ1) is 13.9. The normalized spacial score (nSPS) is 15.0. The number of carbonyl (C=O) groups is 1. The monoisotopic (exact) mass is 282 g/mol. The molecule has 1 heterocycles. The van der Waals surface area contributed by atoms with Gasteiger partial charge in [0.05, 0.1) is 0 Å². The lowest BCUT2D eigenvalue weighted by Gasteiger charge is -2.13. The first-order chi connectivity index (χ1) is 10.2. The number of H-pyrrole nitrogens is 1. The van der Waals surface area contributed by atoms with Crippen molar-refractivity contribution in [3.05, 3.63) is 47.2 Å².